The van der Waals surface area contributed by atoms with Crippen molar-refractivity contribution in [1.29, 1.82) is 0 Å². The molecule has 0 radical (unpaired) electrons. The highest BCUT2D eigenvalue weighted by Crippen LogP contribution is 2.42. The van der Waals surface area contributed by atoms with Crippen molar-refractivity contribution in [3.63, 3.8) is 0 Å². The number of nitrogens with two attached hydrogens (primary N) is 1. The van der Waals surface area contributed by atoms with Gasteiger partial charge >= 0.3 is 0 Å². The van der Waals surface area contributed by atoms with E-state index in [0.717, 1.165) is 23.0 Å². The van der Waals surface area contributed by atoms with Gasteiger partial charge < -0.3 is 15.2 Å². The number of benzene rings is 1. The van der Waals surface area contributed by atoms with Crippen LogP contribution in [0.2, 0.25) is 0 Å². The van der Waals surface area contributed by atoms with E-state index in [0.29, 0.717) is 5.92 Å². The monoisotopic (exact) mass is 235 g/mol. The first kappa shape index (κ1) is 12.2. The fourth-order valence-corrected chi connectivity index (χ4v) is 2.28. The zero-order valence-corrected chi connectivity index (χ0v) is 10.8. The molecule has 3 heteroatoms. The molecule has 3 nitrogen and oxygen atoms in total. The maximum atomic E-state index is 6.30. The number of rotatable bonds is 5. The quantitative estimate of drug-likeness (QED) is 0.853. The Labute approximate surface area is 103 Å². The summed E-state index contributed by atoms with van der Waals surface area (Å²) in [6.07, 6.45) is 2.64. The van der Waals surface area contributed by atoms with Crippen LogP contribution in [0.25, 0.3) is 0 Å². The van der Waals surface area contributed by atoms with Gasteiger partial charge in [0.05, 0.1) is 14.2 Å². The average Bonchev–Trinajstić information content (AvgIpc) is 3.20. The summed E-state index contributed by atoms with van der Waals surface area (Å²) >= 11 is 0. The van der Waals surface area contributed by atoms with E-state index in [1.807, 2.05) is 18.2 Å². The van der Waals surface area contributed by atoms with E-state index in [9.17, 15) is 0 Å². The second-order valence-corrected chi connectivity index (χ2v) is 4.84. The van der Waals surface area contributed by atoms with Gasteiger partial charge in [-0.05, 0) is 42.4 Å². The molecule has 0 heterocycles. The molecule has 1 fully saturated rings. The zero-order valence-electron chi connectivity index (χ0n) is 10.8. The summed E-state index contributed by atoms with van der Waals surface area (Å²) in [6, 6.07) is 6.03. The van der Waals surface area contributed by atoms with Crippen LogP contribution in [0.1, 0.15) is 31.4 Å². The highest BCUT2D eigenvalue weighted by Gasteiger charge is 2.32. The van der Waals surface area contributed by atoms with Gasteiger partial charge in [0, 0.05) is 6.04 Å². The largest absolute Gasteiger partial charge is 0.493 e. The summed E-state index contributed by atoms with van der Waals surface area (Å²) in [4.78, 5) is 0. The lowest BCUT2D eigenvalue weighted by atomic mass is 9.91. The van der Waals surface area contributed by atoms with Crippen LogP contribution >= 0.6 is 0 Å². The van der Waals surface area contributed by atoms with Crippen LogP contribution in [-0.4, -0.2) is 14.2 Å². The Morgan fingerprint density at radius 3 is 2.35 bits per heavy atom. The molecule has 0 saturated heterocycles. The standard InChI is InChI=1S/C14H21NO2/c1-9(10-4-5-10)14(15)11-6-7-12(16-2)13(8-11)17-3/h6-10,14H,4-5,15H2,1-3H3. The molecule has 1 aliphatic rings. The lowest BCUT2D eigenvalue weighted by Crippen LogP contribution is -2.20. The Balaban J connectivity index is 2.19. The van der Waals surface area contributed by atoms with Gasteiger partial charge in [0.25, 0.3) is 0 Å². The van der Waals surface area contributed by atoms with E-state index < -0.39 is 0 Å². The predicted octanol–water partition coefficient (Wildman–Crippen LogP) is 2.75. The van der Waals surface area contributed by atoms with E-state index in [1.165, 1.54) is 12.8 Å². The minimum absolute atomic E-state index is 0.0855. The SMILES string of the molecule is COc1ccc(C(N)C(C)C2CC2)cc1OC. The molecule has 1 saturated carbocycles. The third kappa shape index (κ3) is 2.55. The van der Waals surface area contributed by atoms with Crippen molar-refractivity contribution < 1.29 is 9.47 Å². The second kappa shape index (κ2) is 4.96. The minimum Gasteiger partial charge on any atom is -0.493 e. The van der Waals surface area contributed by atoms with Gasteiger partial charge in [-0.1, -0.05) is 13.0 Å². The van der Waals surface area contributed by atoms with Crippen LogP contribution in [0, 0.1) is 11.8 Å². The molecule has 1 aromatic rings. The molecule has 2 unspecified atom stereocenters. The lowest BCUT2D eigenvalue weighted by Gasteiger charge is -2.21. The Morgan fingerprint density at radius 1 is 1.18 bits per heavy atom. The molecule has 0 aliphatic heterocycles. The number of ether oxygens (including phenoxy) is 2. The number of hydrogen-bond acceptors (Lipinski definition) is 3. The van der Waals surface area contributed by atoms with Crippen molar-refractivity contribution in [3.8, 4) is 11.5 Å². The molecule has 94 valence electrons. The van der Waals surface area contributed by atoms with Crippen molar-refractivity contribution in [2.24, 2.45) is 17.6 Å². The molecule has 2 N–H and O–H groups in total. The second-order valence-electron chi connectivity index (χ2n) is 4.84. The van der Waals surface area contributed by atoms with Gasteiger partial charge in [-0.2, -0.15) is 0 Å². The summed E-state index contributed by atoms with van der Waals surface area (Å²) in [6.45, 7) is 2.24. The topological polar surface area (TPSA) is 44.5 Å². The van der Waals surface area contributed by atoms with Gasteiger partial charge in [-0.15, -0.1) is 0 Å². The van der Waals surface area contributed by atoms with Crippen LogP contribution < -0.4 is 15.2 Å². The van der Waals surface area contributed by atoms with Crippen molar-refractivity contribution >= 4 is 0 Å². The summed E-state index contributed by atoms with van der Waals surface area (Å²) in [5.41, 5.74) is 7.43. The van der Waals surface area contributed by atoms with Crippen molar-refractivity contribution in [2.75, 3.05) is 14.2 Å². The lowest BCUT2D eigenvalue weighted by molar-refractivity contribution is 0.352. The highest BCUT2D eigenvalue weighted by atomic mass is 16.5. The fourth-order valence-electron chi connectivity index (χ4n) is 2.28. The van der Waals surface area contributed by atoms with E-state index in [-0.39, 0.29) is 6.04 Å². The van der Waals surface area contributed by atoms with Gasteiger partial charge in [0.2, 0.25) is 0 Å². The summed E-state index contributed by atoms with van der Waals surface area (Å²) in [5, 5.41) is 0. The van der Waals surface area contributed by atoms with Crippen molar-refractivity contribution in [2.45, 2.75) is 25.8 Å². The normalized spacial score (nSPS) is 18.6. The van der Waals surface area contributed by atoms with Crippen LogP contribution in [0.4, 0.5) is 0 Å². The molecule has 1 aromatic carbocycles. The molecule has 2 rings (SSSR count). The molecule has 1 aliphatic carbocycles. The third-order valence-electron chi connectivity index (χ3n) is 3.72. The Morgan fingerprint density at radius 2 is 1.82 bits per heavy atom. The summed E-state index contributed by atoms with van der Waals surface area (Å²) in [7, 11) is 3.29. The predicted molar refractivity (Wildman–Crippen MR) is 68.4 cm³/mol. The first-order valence-corrected chi connectivity index (χ1v) is 6.15. The maximum absolute atomic E-state index is 6.30. The molecule has 0 spiro atoms. The average molecular weight is 235 g/mol. The van der Waals surface area contributed by atoms with Crippen LogP contribution in [-0.2, 0) is 0 Å². The van der Waals surface area contributed by atoms with Crippen LogP contribution in [0.3, 0.4) is 0 Å². The Bertz CT molecular complexity index is 388. The Kier molecular flexibility index (Phi) is 3.57. The van der Waals surface area contributed by atoms with Gasteiger partial charge in [-0.25, -0.2) is 0 Å². The van der Waals surface area contributed by atoms with Crippen LogP contribution in [0.5, 0.6) is 11.5 Å². The molecule has 0 aromatic heterocycles. The smallest absolute Gasteiger partial charge is 0.161 e. The maximum Gasteiger partial charge on any atom is 0.161 e. The minimum atomic E-state index is 0.0855. The Hall–Kier alpha value is -1.22. The first-order valence-electron chi connectivity index (χ1n) is 6.15. The molecule has 0 bridgehead atoms. The molecule has 2 atom stereocenters. The van der Waals surface area contributed by atoms with E-state index in [4.69, 9.17) is 15.2 Å². The zero-order chi connectivity index (χ0) is 12.4. The molecule has 17 heavy (non-hydrogen) atoms. The van der Waals surface area contributed by atoms with E-state index >= 15 is 0 Å². The summed E-state index contributed by atoms with van der Waals surface area (Å²) < 4.78 is 10.5. The third-order valence-corrected chi connectivity index (χ3v) is 3.72. The van der Waals surface area contributed by atoms with E-state index in [2.05, 4.69) is 6.92 Å². The van der Waals surface area contributed by atoms with Gasteiger partial charge in [-0.3, -0.25) is 0 Å². The van der Waals surface area contributed by atoms with Gasteiger partial charge in [0.1, 0.15) is 0 Å². The molecular formula is C14H21NO2. The van der Waals surface area contributed by atoms with Gasteiger partial charge in [0.15, 0.2) is 11.5 Å². The van der Waals surface area contributed by atoms with Crippen molar-refractivity contribution in [3.05, 3.63) is 23.8 Å². The first-order chi connectivity index (χ1) is 8.17. The molecule has 0 amide bonds. The van der Waals surface area contributed by atoms with E-state index in [1.54, 1.807) is 14.2 Å². The number of methoxy groups -OCH3 is 2. The molecular weight excluding hydrogens is 214 g/mol. The summed E-state index contributed by atoms with van der Waals surface area (Å²) in [5.74, 6) is 2.84. The van der Waals surface area contributed by atoms with Crippen molar-refractivity contribution in [1.82, 2.24) is 0 Å². The van der Waals surface area contributed by atoms with Crippen LogP contribution in [0.15, 0.2) is 18.2 Å². The fraction of sp³-hybridized carbons (Fsp3) is 0.571. The number of hydrogen-bond donors (Lipinski definition) is 1. The highest BCUT2D eigenvalue weighted by molar-refractivity contribution is 5.43.